The van der Waals surface area contributed by atoms with Crippen molar-refractivity contribution in [1.29, 1.82) is 0 Å². The molecule has 0 aromatic heterocycles. The molecule has 9 heteroatoms. The zero-order valence-electron chi connectivity index (χ0n) is 16.5. The summed E-state index contributed by atoms with van der Waals surface area (Å²) in [6, 6.07) is 12.7. The first-order valence-electron chi connectivity index (χ1n) is 9.24. The Bertz CT molecular complexity index is 973. The number of anilines is 1. The molecule has 0 saturated carbocycles. The summed E-state index contributed by atoms with van der Waals surface area (Å²) in [5.41, 5.74) is 1.60. The van der Waals surface area contributed by atoms with Crippen molar-refractivity contribution in [2.24, 2.45) is 0 Å². The summed E-state index contributed by atoms with van der Waals surface area (Å²) in [5.74, 6) is -0.637. The van der Waals surface area contributed by atoms with Crippen LogP contribution >= 0.6 is 12.2 Å². The molecule has 0 aliphatic carbocycles. The van der Waals surface area contributed by atoms with E-state index < -0.39 is 10.8 Å². The molecule has 2 aromatic carbocycles. The monoisotopic (exact) mass is 426 g/mol. The summed E-state index contributed by atoms with van der Waals surface area (Å²) < 4.78 is 0. The van der Waals surface area contributed by atoms with Gasteiger partial charge in [-0.05, 0) is 61.5 Å². The first-order chi connectivity index (χ1) is 14.3. The van der Waals surface area contributed by atoms with E-state index in [1.54, 1.807) is 30.3 Å². The minimum atomic E-state index is -0.504. The number of amides is 2. The molecule has 0 saturated heterocycles. The summed E-state index contributed by atoms with van der Waals surface area (Å²) in [4.78, 5) is 34.4. The predicted octanol–water partition coefficient (Wildman–Crippen LogP) is 3.65. The fourth-order valence-corrected chi connectivity index (χ4v) is 2.56. The number of carbonyl (C=O) groups excluding carboxylic acids is 2. The van der Waals surface area contributed by atoms with Crippen LogP contribution in [-0.2, 0) is 4.79 Å². The highest BCUT2D eigenvalue weighted by Crippen LogP contribution is 2.14. The quantitative estimate of drug-likeness (QED) is 0.270. The lowest BCUT2D eigenvalue weighted by atomic mass is 10.1. The van der Waals surface area contributed by atoms with Gasteiger partial charge in [-0.15, -0.1) is 0 Å². The van der Waals surface area contributed by atoms with Gasteiger partial charge < -0.3 is 10.6 Å². The number of non-ortho nitro benzene ring substituents is 1. The van der Waals surface area contributed by atoms with Crippen molar-refractivity contribution < 1.29 is 14.5 Å². The molecule has 2 aromatic rings. The number of hydrogen-bond donors (Lipinski definition) is 3. The van der Waals surface area contributed by atoms with Gasteiger partial charge in [0.05, 0.1) is 4.92 Å². The van der Waals surface area contributed by atoms with Gasteiger partial charge in [0.2, 0.25) is 5.91 Å². The van der Waals surface area contributed by atoms with Gasteiger partial charge in [0.25, 0.3) is 11.6 Å². The third kappa shape index (κ3) is 7.10. The molecule has 0 bridgehead atoms. The molecule has 1 unspecified atom stereocenters. The molecule has 30 heavy (non-hydrogen) atoms. The number of carbonyl (C=O) groups is 2. The second-order valence-corrected chi connectivity index (χ2v) is 6.90. The summed E-state index contributed by atoms with van der Waals surface area (Å²) >= 11 is 5.11. The van der Waals surface area contributed by atoms with Gasteiger partial charge in [-0.25, -0.2) is 0 Å². The van der Waals surface area contributed by atoms with Gasteiger partial charge in [-0.3, -0.25) is 25.0 Å². The van der Waals surface area contributed by atoms with Gasteiger partial charge in [0.15, 0.2) is 5.11 Å². The average Bonchev–Trinajstić information content (AvgIpc) is 2.72. The van der Waals surface area contributed by atoms with Crippen LogP contribution in [0.1, 0.15) is 36.2 Å². The molecule has 2 amide bonds. The molecular formula is C21H22N4O4S. The Balaban J connectivity index is 1.89. The van der Waals surface area contributed by atoms with Crippen molar-refractivity contribution in [3.63, 3.8) is 0 Å². The molecule has 0 spiro atoms. The van der Waals surface area contributed by atoms with Crippen molar-refractivity contribution in [3.8, 4) is 0 Å². The van der Waals surface area contributed by atoms with Crippen molar-refractivity contribution in [1.82, 2.24) is 10.6 Å². The maximum Gasteiger partial charge on any atom is 0.270 e. The molecule has 3 N–H and O–H groups in total. The van der Waals surface area contributed by atoms with Crippen LogP contribution < -0.4 is 16.0 Å². The molecule has 0 radical (unpaired) electrons. The molecule has 0 heterocycles. The Labute approximate surface area is 179 Å². The van der Waals surface area contributed by atoms with Crippen LogP contribution in [0.15, 0.2) is 54.6 Å². The van der Waals surface area contributed by atoms with Crippen LogP contribution in [0.3, 0.4) is 0 Å². The van der Waals surface area contributed by atoms with E-state index in [1.807, 2.05) is 13.8 Å². The lowest BCUT2D eigenvalue weighted by Gasteiger charge is -2.12. The molecular weight excluding hydrogens is 404 g/mol. The van der Waals surface area contributed by atoms with Crippen LogP contribution in [0, 0.1) is 10.1 Å². The maximum absolute atomic E-state index is 12.1. The second-order valence-electron chi connectivity index (χ2n) is 6.49. The topological polar surface area (TPSA) is 113 Å². The Kier molecular flexibility index (Phi) is 8.18. The van der Waals surface area contributed by atoms with Crippen molar-refractivity contribution >= 4 is 46.6 Å². The number of thiocarbonyl (C=S) groups is 1. The van der Waals surface area contributed by atoms with E-state index in [4.69, 9.17) is 12.2 Å². The van der Waals surface area contributed by atoms with Gasteiger partial charge in [0, 0.05) is 35.5 Å². The van der Waals surface area contributed by atoms with Gasteiger partial charge in [-0.1, -0.05) is 19.1 Å². The zero-order chi connectivity index (χ0) is 22.1. The van der Waals surface area contributed by atoms with Crippen LogP contribution in [0.25, 0.3) is 6.08 Å². The number of nitro groups is 1. The first-order valence-corrected chi connectivity index (χ1v) is 9.64. The van der Waals surface area contributed by atoms with E-state index in [2.05, 4.69) is 16.0 Å². The number of nitro benzene ring substituents is 1. The Hall–Kier alpha value is -3.59. The fourth-order valence-electron chi connectivity index (χ4n) is 2.34. The van der Waals surface area contributed by atoms with Crippen LogP contribution in [-0.4, -0.2) is 27.9 Å². The average molecular weight is 426 g/mol. The fraction of sp³-hybridized carbons (Fsp3) is 0.190. The molecule has 8 nitrogen and oxygen atoms in total. The first kappa shape index (κ1) is 22.7. The van der Waals surface area contributed by atoms with Gasteiger partial charge in [-0.2, -0.15) is 0 Å². The van der Waals surface area contributed by atoms with Gasteiger partial charge in [0.1, 0.15) is 0 Å². The van der Waals surface area contributed by atoms with Gasteiger partial charge >= 0.3 is 0 Å². The predicted molar refractivity (Wildman–Crippen MR) is 120 cm³/mol. The highest BCUT2D eigenvalue weighted by molar-refractivity contribution is 7.80. The molecule has 0 aliphatic heterocycles. The minimum absolute atomic E-state index is 0.0592. The van der Waals surface area contributed by atoms with E-state index >= 15 is 0 Å². The highest BCUT2D eigenvalue weighted by atomic mass is 32.1. The van der Waals surface area contributed by atoms with E-state index in [9.17, 15) is 19.7 Å². The van der Waals surface area contributed by atoms with Crippen LogP contribution in [0.2, 0.25) is 0 Å². The third-order valence-electron chi connectivity index (χ3n) is 4.14. The largest absolute Gasteiger partial charge is 0.350 e. The molecule has 0 fully saturated rings. The molecule has 2 rings (SSSR count). The van der Waals surface area contributed by atoms with E-state index in [1.165, 1.54) is 30.4 Å². The second kappa shape index (κ2) is 10.8. The molecule has 0 aliphatic rings. The van der Waals surface area contributed by atoms with E-state index in [-0.39, 0.29) is 22.7 Å². The summed E-state index contributed by atoms with van der Waals surface area (Å²) in [7, 11) is 0. The lowest BCUT2D eigenvalue weighted by Crippen LogP contribution is -2.33. The summed E-state index contributed by atoms with van der Waals surface area (Å²) in [6.45, 7) is 3.93. The summed E-state index contributed by atoms with van der Waals surface area (Å²) in [6.07, 6.45) is 3.53. The standard InChI is InChI=1S/C21H22N4O4S/c1-3-14(2)22-20(27)16-8-10-17(11-9-16)23-21(30)24-19(26)12-7-15-5-4-6-18(13-15)25(28)29/h4-14H,3H2,1-2H3,(H,22,27)(H2,23,24,26,30)/b12-7+. The SMILES string of the molecule is CCC(C)NC(=O)c1ccc(NC(=S)NC(=O)/C=C/c2cccc([N+](=O)[O-])c2)cc1. The van der Waals surface area contributed by atoms with E-state index in [0.29, 0.717) is 16.8 Å². The number of hydrogen-bond acceptors (Lipinski definition) is 5. The lowest BCUT2D eigenvalue weighted by molar-refractivity contribution is -0.384. The molecule has 156 valence electrons. The maximum atomic E-state index is 12.1. The normalized spacial score (nSPS) is 11.5. The zero-order valence-corrected chi connectivity index (χ0v) is 17.4. The van der Waals surface area contributed by atoms with Crippen molar-refractivity contribution in [3.05, 3.63) is 75.8 Å². The molecule has 1 atom stereocenters. The number of rotatable bonds is 7. The Morgan fingerprint density at radius 2 is 1.90 bits per heavy atom. The summed E-state index contributed by atoms with van der Waals surface area (Å²) in [5, 5.41) is 19.1. The van der Waals surface area contributed by atoms with Crippen molar-refractivity contribution in [2.75, 3.05) is 5.32 Å². The van der Waals surface area contributed by atoms with E-state index in [0.717, 1.165) is 6.42 Å². The van der Waals surface area contributed by atoms with Crippen LogP contribution in [0.4, 0.5) is 11.4 Å². The number of nitrogens with zero attached hydrogens (tertiary/aromatic N) is 1. The minimum Gasteiger partial charge on any atom is -0.350 e. The van der Waals surface area contributed by atoms with Crippen molar-refractivity contribution in [2.45, 2.75) is 26.3 Å². The number of benzene rings is 2. The third-order valence-corrected chi connectivity index (χ3v) is 4.34. The Morgan fingerprint density at radius 3 is 2.53 bits per heavy atom. The smallest absolute Gasteiger partial charge is 0.270 e. The highest BCUT2D eigenvalue weighted by Gasteiger charge is 2.09. The Morgan fingerprint density at radius 1 is 1.20 bits per heavy atom. The van der Waals surface area contributed by atoms with Crippen LogP contribution in [0.5, 0.6) is 0 Å². The number of nitrogens with one attached hydrogen (secondary N) is 3.